The molecule has 0 atom stereocenters. The van der Waals surface area contributed by atoms with E-state index in [2.05, 4.69) is 193 Å². The van der Waals surface area contributed by atoms with Crippen molar-refractivity contribution >= 4 is 47.2 Å². The molecule has 286 valence electrons. The van der Waals surface area contributed by atoms with Crippen LogP contribution < -0.4 is 6.54 Å². The van der Waals surface area contributed by atoms with E-state index in [1.165, 1.54) is 71.0 Å². The van der Waals surface area contributed by atoms with E-state index in [1.807, 2.05) is 0 Å². The van der Waals surface area contributed by atoms with E-state index in [0.717, 1.165) is 22.0 Å². The van der Waals surface area contributed by atoms with E-state index in [1.54, 1.807) is 0 Å². The van der Waals surface area contributed by atoms with Gasteiger partial charge in [0.2, 0.25) is 0 Å². The molecule has 0 saturated carbocycles. The summed E-state index contributed by atoms with van der Waals surface area (Å²) < 4.78 is 11.2. The number of fused-ring (bicyclic) bond motifs is 3. The maximum atomic E-state index is 6.73. The molecule has 0 fully saturated rings. The van der Waals surface area contributed by atoms with Gasteiger partial charge in [-0.1, -0.05) is 0 Å². The first kappa shape index (κ1) is 42.0. The van der Waals surface area contributed by atoms with Crippen molar-refractivity contribution < 1.29 is 18.3 Å². The molecular weight excluding hydrogens is 822 g/mol. The van der Waals surface area contributed by atoms with Crippen LogP contribution in [0.4, 0.5) is 0 Å². The molecule has 4 heteroatoms. The average molecular weight is 876 g/mol. The molecule has 0 unspecified atom stereocenters. The number of benzene rings is 6. The Morgan fingerprint density at radius 2 is 1.18 bits per heavy atom. The third-order valence-electron chi connectivity index (χ3n) is 12.2. The van der Waals surface area contributed by atoms with E-state index in [-0.39, 0.29) is 35.6 Å². The topological polar surface area (TPSA) is 0 Å². The third-order valence-corrected chi connectivity index (χ3v) is 28.7. The third kappa shape index (κ3) is 7.13. The average Bonchev–Trinajstić information content (AvgIpc) is 3.84. The van der Waals surface area contributed by atoms with Crippen molar-refractivity contribution in [1.82, 2.24) is 0 Å². The van der Waals surface area contributed by atoms with Crippen molar-refractivity contribution in [1.29, 1.82) is 0 Å². The Morgan fingerprint density at radius 3 is 1.73 bits per heavy atom. The number of rotatable bonds is 7. The molecule has 2 aliphatic carbocycles. The van der Waals surface area contributed by atoms with Crippen LogP contribution in [0.3, 0.4) is 0 Å². The summed E-state index contributed by atoms with van der Waals surface area (Å²) in [6.07, 6.45) is 8.85. The molecule has 0 radical (unpaired) electrons. The normalized spacial score (nSPS) is 13.7. The van der Waals surface area contributed by atoms with Crippen LogP contribution in [0, 0.1) is 0 Å². The van der Waals surface area contributed by atoms with Crippen LogP contribution >= 0.6 is 36.4 Å². The molecule has 0 aliphatic heterocycles. The zero-order chi connectivity index (χ0) is 37.9. The van der Waals surface area contributed by atoms with E-state index in [0.29, 0.717) is 0 Å². The van der Waals surface area contributed by atoms with Crippen LogP contribution in [0.15, 0.2) is 155 Å². The molecule has 0 spiro atoms. The van der Waals surface area contributed by atoms with Gasteiger partial charge in [-0.2, -0.15) is 0 Å². The molecule has 0 heterocycles. The number of allylic oxidation sites excluding steroid dienone is 4. The number of hydrogen-bond acceptors (Lipinski definition) is 0. The van der Waals surface area contributed by atoms with Crippen molar-refractivity contribution in [2.45, 2.75) is 69.3 Å². The SMILES string of the molecule is Cl.Cl.[CH2]=[Zr]([CH2]c1ccccc1)([C]1=CC=CC1)([c]1ccc(Cl)cc1)[c]1c2c(cc(C(C)(C)C)c1-c1ccccc1)-c1cc(C(C)(C)C)c(-c3ccccc3)cc1C2. The summed E-state index contributed by atoms with van der Waals surface area (Å²) in [6.45, 7) is 14.2. The van der Waals surface area contributed by atoms with Gasteiger partial charge in [0, 0.05) is 0 Å². The second kappa shape index (κ2) is 15.6. The maximum absolute atomic E-state index is 6.73. The molecule has 6 aromatic rings. The summed E-state index contributed by atoms with van der Waals surface area (Å²) in [6, 6.07) is 49.9. The van der Waals surface area contributed by atoms with Gasteiger partial charge in [-0.25, -0.2) is 0 Å². The van der Waals surface area contributed by atoms with Gasteiger partial charge < -0.3 is 0 Å². The Kier molecular flexibility index (Phi) is 11.7. The summed E-state index contributed by atoms with van der Waals surface area (Å²) in [5.41, 5.74) is 14.8. The standard InChI is InChI=1S/C33H33.C7H7.C6H4Cl.C5H5.CH2.2ClH.Zr/c1-32(2,3)30-20-26-24(18-28(30)22-13-9-7-10-14-22)17-25-19-29(23-15-11-8-12-16-23)31(21-27(25)26)33(4,5)6;1-7-5-3-2-4-6-7;7-6-4-2-1-3-5-6;1-2-4-5-3-1;;;;/h7-16,18,20-21H,17H2,1-6H3;2-6H,1H2;2-5H;1-3H,4H2;1H2;2*1H;. The van der Waals surface area contributed by atoms with Gasteiger partial charge in [0.1, 0.15) is 0 Å². The van der Waals surface area contributed by atoms with Gasteiger partial charge >= 0.3 is 331 Å². The molecule has 0 nitrogen and oxygen atoms in total. The van der Waals surface area contributed by atoms with Gasteiger partial charge in [0.05, 0.1) is 0 Å². The molecule has 56 heavy (non-hydrogen) atoms. The minimum atomic E-state index is -5.01. The first-order valence-corrected chi connectivity index (χ1v) is 27.0. The fourth-order valence-electron chi connectivity index (χ4n) is 9.61. The van der Waals surface area contributed by atoms with Crippen molar-refractivity contribution in [3.8, 4) is 33.4 Å². The Balaban J connectivity index is 0.00000266. The molecule has 0 aromatic heterocycles. The summed E-state index contributed by atoms with van der Waals surface area (Å²) in [4.78, 5) is 0. The first-order valence-electron chi connectivity index (χ1n) is 19.5. The Morgan fingerprint density at radius 1 is 0.625 bits per heavy atom. The van der Waals surface area contributed by atoms with Crippen LogP contribution in [0.1, 0.15) is 75.8 Å². The van der Waals surface area contributed by atoms with Gasteiger partial charge in [-0.3, -0.25) is 0 Å². The van der Waals surface area contributed by atoms with Crippen molar-refractivity contribution in [3.63, 3.8) is 0 Å². The van der Waals surface area contributed by atoms with Crippen LogP contribution in [0.25, 0.3) is 33.4 Å². The van der Waals surface area contributed by atoms with E-state index >= 15 is 0 Å². The zero-order valence-electron chi connectivity index (χ0n) is 33.5. The van der Waals surface area contributed by atoms with Crippen molar-refractivity contribution in [2.24, 2.45) is 0 Å². The number of hydrogen-bond donors (Lipinski definition) is 0. The monoisotopic (exact) mass is 872 g/mol. The zero-order valence-corrected chi connectivity index (χ0v) is 38.3. The Bertz CT molecular complexity index is 2510. The van der Waals surface area contributed by atoms with E-state index in [4.69, 9.17) is 15.8 Å². The molecule has 0 saturated heterocycles. The molecule has 6 aromatic carbocycles. The Labute approximate surface area is 353 Å². The second-order valence-electron chi connectivity index (χ2n) is 17.8. The van der Waals surface area contributed by atoms with E-state index < -0.39 is 18.3 Å². The summed E-state index contributed by atoms with van der Waals surface area (Å²) >= 11 is 1.73. The van der Waals surface area contributed by atoms with Gasteiger partial charge in [0.25, 0.3) is 0 Å². The summed E-state index contributed by atoms with van der Waals surface area (Å²) in [5.74, 6) is 0. The van der Waals surface area contributed by atoms with E-state index in [9.17, 15) is 0 Å². The molecule has 0 bridgehead atoms. The predicted molar refractivity (Wildman–Crippen MR) is 247 cm³/mol. The first-order chi connectivity index (χ1) is 25.8. The molecule has 2 aliphatic rings. The molecular formula is C52H53Cl3Zr. The summed E-state index contributed by atoms with van der Waals surface area (Å²) in [7, 11) is 0. The predicted octanol–water partition coefficient (Wildman–Crippen LogP) is 13.8. The van der Waals surface area contributed by atoms with Crippen molar-refractivity contribution in [3.05, 3.63) is 188 Å². The van der Waals surface area contributed by atoms with Crippen LogP contribution in [0.2, 0.25) is 5.02 Å². The van der Waals surface area contributed by atoms with Gasteiger partial charge in [-0.05, 0) is 0 Å². The van der Waals surface area contributed by atoms with Crippen LogP contribution in [-0.2, 0) is 39.7 Å². The molecule has 0 N–H and O–H groups in total. The Hall–Kier alpha value is -3.58. The minimum absolute atomic E-state index is 0. The van der Waals surface area contributed by atoms with Gasteiger partial charge in [0.15, 0.2) is 0 Å². The fraction of sp³-hybridized carbons (Fsp3) is 0.212. The second-order valence-corrected chi connectivity index (χ2v) is 31.7. The summed E-state index contributed by atoms with van der Waals surface area (Å²) in [5, 5.41) is 0.758. The molecule has 8 rings (SSSR count). The van der Waals surface area contributed by atoms with Crippen LogP contribution in [0.5, 0.6) is 0 Å². The van der Waals surface area contributed by atoms with Crippen molar-refractivity contribution in [2.75, 3.05) is 0 Å². The number of halogens is 3. The van der Waals surface area contributed by atoms with Crippen LogP contribution in [-0.4, -0.2) is 4.21 Å². The molecule has 0 amide bonds. The fourth-order valence-corrected chi connectivity index (χ4v) is 26.1. The van der Waals surface area contributed by atoms with Gasteiger partial charge in [-0.15, -0.1) is 24.8 Å². The quantitative estimate of drug-likeness (QED) is 0.150.